The van der Waals surface area contributed by atoms with Crippen LogP contribution in [-0.2, 0) is 11.2 Å². The van der Waals surface area contributed by atoms with Crippen LogP contribution in [0.1, 0.15) is 31.7 Å². The second-order valence-electron chi connectivity index (χ2n) is 4.79. The summed E-state index contributed by atoms with van der Waals surface area (Å²) in [6.45, 7) is 3.93. The van der Waals surface area contributed by atoms with Gasteiger partial charge in [-0.1, -0.05) is 47.5 Å². The van der Waals surface area contributed by atoms with Gasteiger partial charge in [-0.25, -0.2) is 0 Å². The predicted octanol–water partition coefficient (Wildman–Crippen LogP) is 4.46. The van der Waals surface area contributed by atoms with Crippen molar-refractivity contribution in [1.82, 2.24) is 0 Å². The fraction of sp³-hybridized carbons (Fsp3) is 0.625. The fourth-order valence-electron chi connectivity index (χ4n) is 2.01. The second-order valence-corrected chi connectivity index (χ2v) is 5.44. The number of unbranched alkanes of at least 4 members (excludes halogenated alkanes) is 1. The monoisotopic (exact) mass is 328 g/mol. The van der Waals surface area contributed by atoms with Gasteiger partial charge in [0.15, 0.2) is 0 Å². The van der Waals surface area contributed by atoms with Crippen molar-refractivity contribution in [3.05, 3.63) is 29.8 Å². The van der Waals surface area contributed by atoms with E-state index in [-0.39, 0.29) is 0 Å². The highest BCUT2D eigenvalue weighted by Crippen LogP contribution is 2.23. The Morgan fingerprint density at radius 3 is 2.68 bits per heavy atom. The topological polar surface area (TPSA) is 18.5 Å². The molecule has 0 saturated carbocycles. The molecule has 1 aromatic carbocycles. The molecule has 0 aliphatic heterocycles. The van der Waals surface area contributed by atoms with Crippen LogP contribution in [0.15, 0.2) is 24.3 Å². The van der Waals surface area contributed by atoms with E-state index in [0.717, 1.165) is 43.6 Å². The van der Waals surface area contributed by atoms with Crippen molar-refractivity contribution in [2.75, 3.05) is 25.7 Å². The third-order valence-corrected chi connectivity index (χ3v) is 4.15. The Kier molecular flexibility index (Phi) is 8.93. The van der Waals surface area contributed by atoms with Gasteiger partial charge in [-0.15, -0.1) is 0 Å². The Bertz CT molecular complexity index is 341. The maximum absolute atomic E-state index is 5.65. The van der Waals surface area contributed by atoms with Crippen molar-refractivity contribution in [1.29, 1.82) is 0 Å². The molecular formula is C16H25BrO2. The molecule has 0 heterocycles. The Hall–Kier alpha value is -0.540. The molecule has 0 aliphatic rings. The Morgan fingerprint density at radius 2 is 2.00 bits per heavy atom. The highest BCUT2D eigenvalue weighted by molar-refractivity contribution is 9.09. The lowest BCUT2D eigenvalue weighted by molar-refractivity contribution is 0.119. The van der Waals surface area contributed by atoms with Gasteiger partial charge in [0.2, 0.25) is 0 Å². The highest BCUT2D eigenvalue weighted by atomic mass is 79.9. The van der Waals surface area contributed by atoms with E-state index in [0.29, 0.717) is 5.92 Å². The summed E-state index contributed by atoms with van der Waals surface area (Å²) in [6.07, 6.45) is 4.48. The molecule has 1 atom stereocenters. The quantitative estimate of drug-likeness (QED) is 0.466. The molecule has 3 heteroatoms. The summed E-state index contributed by atoms with van der Waals surface area (Å²) in [7, 11) is 1.73. The van der Waals surface area contributed by atoms with Gasteiger partial charge >= 0.3 is 0 Å². The van der Waals surface area contributed by atoms with Crippen LogP contribution in [0.25, 0.3) is 0 Å². The summed E-state index contributed by atoms with van der Waals surface area (Å²) >= 11 is 3.61. The molecule has 0 radical (unpaired) electrons. The third kappa shape index (κ3) is 6.44. The largest absolute Gasteiger partial charge is 0.496 e. The van der Waals surface area contributed by atoms with Crippen LogP contribution in [0.5, 0.6) is 5.75 Å². The molecule has 0 aromatic heterocycles. The minimum atomic E-state index is 0.595. The summed E-state index contributed by atoms with van der Waals surface area (Å²) in [5.41, 5.74) is 1.28. The van der Waals surface area contributed by atoms with Gasteiger partial charge in [0, 0.05) is 18.5 Å². The van der Waals surface area contributed by atoms with Crippen LogP contribution in [0.4, 0.5) is 0 Å². The van der Waals surface area contributed by atoms with Crippen LogP contribution in [0, 0.1) is 5.92 Å². The van der Waals surface area contributed by atoms with Crippen LogP contribution < -0.4 is 4.74 Å². The summed E-state index contributed by atoms with van der Waals surface area (Å²) in [4.78, 5) is 0. The molecule has 108 valence electrons. The molecule has 0 N–H and O–H groups in total. The summed E-state index contributed by atoms with van der Waals surface area (Å²) < 4.78 is 11.1. The lowest BCUT2D eigenvalue weighted by Crippen LogP contribution is -2.11. The maximum Gasteiger partial charge on any atom is 0.122 e. The Morgan fingerprint density at radius 1 is 1.21 bits per heavy atom. The smallest absolute Gasteiger partial charge is 0.122 e. The molecule has 0 saturated heterocycles. The Balaban J connectivity index is 2.38. The first-order valence-corrected chi connectivity index (χ1v) is 8.19. The van der Waals surface area contributed by atoms with Crippen molar-refractivity contribution in [3.8, 4) is 5.75 Å². The van der Waals surface area contributed by atoms with Gasteiger partial charge < -0.3 is 9.47 Å². The first-order chi connectivity index (χ1) is 9.31. The minimum absolute atomic E-state index is 0.595. The van der Waals surface area contributed by atoms with E-state index in [9.17, 15) is 0 Å². The van der Waals surface area contributed by atoms with E-state index in [2.05, 4.69) is 35.0 Å². The van der Waals surface area contributed by atoms with Gasteiger partial charge in [-0.2, -0.15) is 0 Å². The van der Waals surface area contributed by atoms with E-state index >= 15 is 0 Å². The summed E-state index contributed by atoms with van der Waals surface area (Å²) in [5.74, 6) is 1.58. The van der Waals surface area contributed by atoms with Gasteiger partial charge in [-0.3, -0.25) is 0 Å². The van der Waals surface area contributed by atoms with E-state index < -0.39 is 0 Å². The number of alkyl halides is 1. The van der Waals surface area contributed by atoms with Gasteiger partial charge in [-0.05, 0) is 36.8 Å². The number of halogens is 1. The number of methoxy groups -OCH3 is 1. The fourth-order valence-corrected chi connectivity index (χ4v) is 2.57. The van der Waals surface area contributed by atoms with Crippen molar-refractivity contribution in [3.63, 3.8) is 0 Å². The zero-order valence-corrected chi connectivity index (χ0v) is 13.6. The normalized spacial score (nSPS) is 12.4. The first kappa shape index (κ1) is 16.5. The lowest BCUT2D eigenvalue weighted by atomic mass is 9.98. The molecule has 19 heavy (non-hydrogen) atoms. The zero-order valence-electron chi connectivity index (χ0n) is 12.0. The predicted molar refractivity (Wildman–Crippen MR) is 84.3 cm³/mol. The van der Waals surface area contributed by atoms with Crippen LogP contribution >= 0.6 is 15.9 Å². The molecule has 0 aliphatic carbocycles. The number of rotatable bonds is 10. The number of hydrogen-bond acceptors (Lipinski definition) is 2. The molecule has 0 bridgehead atoms. The van der Waals surface area contributed by atoms with Crippen LogP contribution in [0.3, 0.4) is 0 Å². The van der Waals surface area contributed by atoms with Gasteiger partial charge in [0.1, 0.15) is 5.75 Å². The minimum Gasteiger partial charge on any atom is -0.496 e. The standard InChI is InChI=1S/C16H25BrO2/c1-3-4-10-19-11-9-14(13-17)12-15-7-5-6-8-16(15)18-2/h5-8,14H,3-4,9-13H2,1-2H3. The van der Waals surface area contributed by atoms with E-state index in [1.165, 1.54) is 12.0 Å². The van der Waals surface area contributed by atoms with Crippen molar-refractivity contribution in [2.45, 2.75) is 32.6 Å². The molecular weight excluding hydrogens is 304 g/mol. The maximum atomic E-state index is 5.65. The summed E-state index contributed by atoms with van der Waals surface area (Å²) in [6, 6.07) is 8.25. The second kappa shape index (κ2) is 10.3. The van der Waals surface area contributed by atoms with E-state index in [1.54, 1.807) is 7.11 Å². The first-order valence-electron chi connectivity index (χ1n) is 7.07. The average molecular weight is 329 g/mol. The average Bonchev–Trinajstić information content (AvgIpc) is 2.46. The third-order valence-electron chi connectivity index (χ3n) is 3.23. The van der Waals surface area contributed by atoms with Crippen molar-refractivity contribution in [2.24, 2.45) is 5.92 Å². The number of para-hydroxylation sites is 1. The molecule has 1 rings (SSSR count). The van der Waals surface area contributed by atoms with Crippen LogP contribution in [-0.4, -0.2) is 25.7 Å². The number of ether oxygens (including phenoxy) is 2. The Labute approximate surface area is 125 Å². The molecule has 1 unspecified atom stereocenters. The molecule has 1 aromatic rings. The van der Waals surface area contributed by atoms with Gasteiger partial charge in [0.05, 0.1) is 7.11 Å². The van der Waals surface area contributed by atoms with Crippen LogP contribution in [0.2, 0.25) is 0 Å². The molecule has 0 spiro atoms. The van der Waals surface area contributed by atoms with Crippen molar-refractivity contribution >= 4 is 15.9 Å². The SMILES string of the molecule is CCCCOCCC(CBr)Cc1ccccc1OC. The van der Waals surface area contributed by atoms with E-state index in [4.69, 9.17) is 9.47 Å². The number of hydrogen-bond donors (Lipinski definition) is 0. The number of benzene rings is 1. The van der Waals surface area contributed by atoms with Gasteiger partial charge in [0.25, 0.3) is 0 Å². The van der Waals surface area contributed by atoms with Crippen molar-refractivity contribution < 1.29 is 9.47 Å². The zero-order chi connectivity index (χ0) is 13.9. The molecule has 2 nitrogen and oxygen atoms in total. The molecule has 0 fully saturated rings. The summed E-state index contributed by atoms with van der Waals surface area (Å²) in [5, 5.41) is 1.00. The highest BCUT2D eigenvalue weighted by Gasteiger charge is 2.11. The molecule has 0 amide bonds. The lowest BCUT2D eigenvalue weighted by Gasteiger charge is -2.16. The van der Waals surface area contributed by atoms with E-state index in [1.807, 2.05) is 12.1 Å².